The van der Waals surface area contributed by atoms with Crippen LogP contribution >= 0.6 is 11.3 Å². The Morgan fingerprint density at radius 1 is 1.26 bits per heavy atom. The lowest BCUT2D eigenvalue weighted by Gasteiger charge is -2.26. The summed E-state index contributed by atoms with van der Waals surface area (Å²) >= 11 is 2.02. The quantitative estimate of drug-likeness (QED) is 0.807. The molecule has 3 rings (SSSR count). The van der Waals surface area contributed by atoms with Crippen LogP contribution in [0.5, 0.6) is 0 Å². The average Bonchev–Trinajstić information content (AvgIpc) is 3.00. The Bertz CT molecular complexity index is 377. The van der Waals surface area contributed by atoms with E-state index in [-0.39, 0.29) is 0 Å². The molecule has 106 valence electrons. The molecule has 0 unspecified atom stereocenters. The van der Waals surface area contributed by atoms with E-state index in [1.165, 1.54) is 37.1 Å². The van der Waals surface area contributed by atoms with E-state index in [1.54, 1.807) is 10.4 Å². The molecule has 0 atom stereocenters. The molecule has 0 saturated carbocycles. The van der Waals surface area contributed by atoms with Crippen LogP contribution in [0.25, 0.3) is 0 Å². The SMILES string of the molecule is c1c(CNCCCN2CCOCC2)sc2c1CCC2. The Labute approximate surface area is 119 Å². The van der Waals surface area contributed by atoms with Crippen LogP contribution in [0.2, 0.25) is 0 Å². The van der Waals surface area contributed by atoms with Gasteiger partial charge in [0.1, 0.15) is 0 Å². The molecular weight excluding hydrogens is 256 g/mol. The Morgan fingerprint density at radius 2 is 2.16 bits per heavy atom. The zero-order valence-corrected chi connectivity index (χ0v) is 12.4. The molecule has 1 aromatic rings. The van der Waals surface area contributed by atoms with Crippen molar-refractivity contribution in [2.24, 2.45) is 0 Å². The minimum atomic E-state index is 0.911. The van der Waals surface area contributed by atoms with E-state index in [1.807, 2.05) is 11.3 Å². The molecular formula is C15H24N2OS. The van der Waals surface area contributed by atoms with Crippen LogP contribution in [0.4, 0.5) is 0 Å². The molecule has 0 radical (unpaired) electrons. The highest BCUT2D eigenvalue weighted by Gasteiger charge is 2.14. The first-order chi connectivity index (χ1) is 9.42. The van der Waals surface area contributed by atoms with Crippen LogP contribution in [0.15, 0.2) is 6.07 Å². The molecule has 0 spiro atoms. The van der Waals surface area contributed by atoms with E-state index in [0.29, 0.717) is 0 Å². The van der Waals surface area contributed by atoms with Crippen LogP contribution in [0, 0.1) is 0 Å². The van der Waals surface area contributed by atoms with Crippen LogP contribution in [0.1, 0.15) is 28.2 Å². The van der Waals surface area contributed by atoms with Crippen molar-refractivity contribution in [3.63, 3.8) is 0 Å². The van der Waals surface area contributed by atoms with Gasteiger partial charge in [-0.2, -0.15) is 0 Å². The highest BCUT2D eigenvalue weighted by atomic mass is 32.1. The maximum Gasteiger partial charge on any atom is 0.0594 e. The van der Waals surface area contributed by atoms with Crippen LogP contribution in [0.3, 0.4) is 0 Å². The second kappa shape index (κ2) is 6.84. The number of ether oxygens (including phenoxy) is 1. The molecule has 2 aliphatic rings. The molecule has 19 heavy (non-hydrogen) atoms. The second-order valence-electron chi connectivity index (χ2n) is 5.50. The summed E-state index contributed by atoms with van der Waals surface area (Å²) in [7, 11) is 0. The van der Waals surface area contributed by atoms with Gasteiger partial charge in [-0.1, -0.05) is 0 Å². The Kier molecular flexibility index (Phi) is 4.88. The van der Waals surface area contributed by atoms with Gasteiger partial charge in [-0.05, 0) is 50.4 Å². The van der Waals surface area contributed by atoms with Gasteiger partial charge in [0.2, 0.25) is 0 Å². The lowest BCUT2D eigenvalue weighted by molar-refractivity contribution is 0.0374. The third-order valence-electron chi connectivity index (χ3n) is 4.03. The van der Waals surface area contributed by atoms with E-state index < -0.39 is 0 Å². The summed E-state index contributed by atoms with van der Waals surface area (Å²) in [6, 6.07) is 2.42. The summed E-state index contributed by atoms with van der Waals surface area (Å²) in [6.07, 6.45) is 5.24. The lowest BCUT2D eigenvalue weighted by atomic mass is 10.2. The van der Waals surface area contributed by atoms with Crippen molar-refractivity contribution in [3.8, 4) is 0 Å². The summed E-state index contributed by atoms with van der Waals surface area (Å²) in [6.45, 7) is 7.43. The standard InChI is InChI=1S/C15H24N2OS/c1-3-13-11-14(19-15(13)4-1)12-16-5-2-6-17-7-9-18-10-8-17/h11,16H,1-10,12H2. The normalized spacial score (nSPS) is 19.8. The number of hydrogen-bond donors (Lipinski definition) is 1. The minimum absolute atomic E-state index is 0.911. The molecule has 1 N–H and O–H groups in total. The lowest BCUT2D eigenvalue weighted by Crippen LogP contribution is -2.37. The molecule has 0 bridgehead atoms. The van der Waals surface area contributed by atoms with Crippen LogP contribution in [-0.2, 0) is 24.1 Å². The number of hydrogen-bond acceptors (Lipinski definition) is 4. The average molecular weight is 280 g/mol. The topological polar surface area (TPSA) is 24.5 Å². The maximum atomic E-state index is 5.36. The fraction of sp³-hybridized carbons (Fsp3) is 0.733. The van der Waals surface area contributed by atoms with Crippen LogP contribution < -0.4 is 5.32 Å². The third-order valence-corrected chi connectivity index (χ3v) is 5.27. The number of aryl methyl sites for hydroxylation is 2. The fourth-order valence-corrected chi connectivity index (χ4v) is 4.17. The van der Waals surface area contributed by atoms with E-state index in [9.17, 15) is 0 Å². The number of thiophene rings is 1. The van der Waals surface area contributed by atoms with Crippen molar-refractivity contribution >= 4 is 11.3 Å². The van der Waals surface area contributed by atoms with Crippen molar-refractivity contribution < 1.29 is 4.74 Å². The van der Waals surface area contributed by atoms with Gasteiger partial charge in [-0.25, -0.2) is 0 Å². The van der Waals surface area contributed by atoms with E-state index in [2.05, 4.69) is 16.3 Å². The molecule has 3 nitrogen and oxygen atoms in total. The van der Waals surface area contributed by atoms with Crippen molar-refractivity contribution in [2.45, 2.75) is 32.2 Å². The predicted molar refractivity (Wildman–Crippen MR) is 79.9 cm³/mol. The van der Waals surface area contributed by atoms with Gasteiger partial charge in [0, 0.05) is 29.4 Å². The zero-order chi connectivity index (χ0) is 12.9. The van der Waals surface area contributed by atoms with Gasteiger partial charge in [0.25, 0.3) is 0 Å². The molecule has 0 aromatic carbocycles. The van der Waals surface area contributed by atoms with Gasteiger partial charge >= 0.3 is 0 Å². The highest BCUT2D eigenvalue weighted by Crippen LogP contribution is 2.30. The molecule has 1 aromatic heterocycles. The second-order valence-corrected chi connectivity index (χ2v) is 6.72. The summed E-state index contributed by atoms with van der Waals surface area (Å²) in [5.41, 5.74) is 1.62. The van der Waals surface area contributed by atoms with Crippen molar-refractivity contribution in [1.82, 2.24) is 10.2 Å². The molecule has 0 amide bonds. The number of fused-ring (bicyclic) bond motifs is 1. The summed E-state index contributed by atoms with van der Waals surface area (Å²) < 4.78 is 5.36. The van der Waals surface area contributed by atoms with Gasteiger partial charge in [0.05, 0.1) is 13.2 Å². The van der Waals surface area contributed by atoms with Crippen molar-refractivity contribution in [2.75, 3.05) is 39.4 Å². The van der Waals surface area contributed by atoms with Gasteiger partial charge < -0.3 is 10.1 Å². The smallest absolute Gasteiger partial charge is 0.0594 e. The van der Waals surface area contributed by atoms with E-state index in [4.69, 9.17) is 4.74 Å². The Balaban J connectivity index is 1.30. The van der Waals surface area contributed by atoms with Gasteiger partial charge in [-0.15, -0.1) is 11.3 Å². The Hall–Kier alpha value is -0.420. The molecule has 4 heteroatoms. The predicted octanol–water partition coefficient (Wildman–Crippen LogP) is 2.05. The largest absolute Gasteiger partial charge is 0.379 e. The van der Waals surface area contributed by atoms with Crippen LogP contribution in [-0.4, -0.2) is 44.3 Å². The monoisotopic (exact) mass is 280 g/mol. The first-order valence-electron chi connectivity index (χ1n) is 7.53. The first kappa shape index (κ1) is 13.6. The third kappa shape index (κ3) is 3.78. The van der Waals surface area contributed by atoms with Crippen molar-refractivity contribution in [1.29, 1.82) is 0 Å². The van der Waals surface area contributed by atoms with Crippen molar-refractivity contribution in [3.05, 3.63) is 21.4 Å². The van der Waals surface area contributed by atoms with Gasteiger partial charge in [0.15, 0.2) is 0 Å². The molecule has 1 saturated heterocycles. The molecule has 1 aliphatic carbocycles. The molecule has 2 heterocycles. The number of nitrogens with zero attached hydrogens (tertiary/aromatic N) is 1. The minimum Gasteiger partial charge on any atom is -0.379 e. The molecule has 1 fully saturated rings. The molecule has 1 aliphatic heterocycles. The van der Waals surface area contributed by atoms with E-state index in [0.717, 1.165) is 39.4 Å². The summed E-state index contributed by atoms with van der Waals surface area (Å²) in [4.78, 5) is 5.67. The first-order valence-corrected chi connectivity index (χ1v) is 8.35. The van der Waals surface area contributed by atoms with E-state index >= 15 is 0 Å². The fourth-order valence-electron chi connectivity index (χ4n) is 2.94. The maximum absolute atomic E-state index is 5.36. The summed E-state index contributed by atoms with van der Waals surface area (Å²) in [5.74, 6) is 0. The number of morpholine rings is 1. The summed E-state index contributed by atoms with van der Waals surface area (Å²) in [5, 5.41) is 3.58. The number of rotatable bonds is 6. The number of nitrogens with one attached hydrogen (secondary N) is 1. The Morgan fingerprint density at radius 3 is 3.00 bits per heavy atom. The zero-order valence-electron chi connectivity index (χ0n) is 11.6. The van der Waals surface area contributed by atoms with Gasteiger partial charge in [-0.3, -0.25) is 4.90 Å². The highest BCUT2D eigenvalue weighted by molar-refractivity contribution is 7.12.